The van der Waals surface area contributed by atoms with E-state index in [9.17, 15) is 19.5 Å². The number of carbonyl (C=O) groups excluding carboxylic acids is 3. The molecule has 1 aliphatic rings. The van der Waals surface area contributed by atoms with Crippen LogP contribution < -0.4 is 10.2 Å². The molecule has 2 N–H and O–H groups in total. The highest BCUT2D eigenvalue weighted by Crippen LogP contribution is 2.41. The predicted octanol–water partition coefficient (Wildman–Crippen LogP) is 2.00. The molecule has 0 spiro atoms. The summed E-state index contributed by atoms with van der Waals surface area (Å²) in [5.41, 5.74) is 4.69. The topological polar surface area (TPSA) is 154 Å². The van der Waals surface area contributed by atoms with Crippen LogP contribution in [-0.2, 0) is 46.4 Å². The molecule has 1 aromatic heterocycles. The van der Waals surface area contributed by atoms with Gasteiger partial charge in [-0.25, -0.2) is 4.68 Å². The fourth-order valence-corrected chi connectivity index (χ4v) is 4.89. The van der Waals surface area contributed by atoms with Gasteiger partial charge in [-0.1, -0.05) is 47.7 Å². The third kappa shape index (κ3) is 9.99. The van der Waals surface area contributed by atoms with Gasteiger partial charge in [0.25, 0.3) is 0 Å². The summed E-state index contributed by atoms with van der Waals surface area (Å²) in [4.78, 5) is 38.0. The summed E-state index contributed by atoms with van der Waals surface area (Å²) in [6.45, 7) is 4.14. The van der Waals surface area contributed by atoms with Gasteiger partial charge in [-0.15, -0.1) is 5.10 Å². The summed E-state index contributed by atoms with van der Waals surface area (Å²) in [7, 11) is 0. The summed E-state index contributed by atoms with van der Waals surface area (Å²) in [5, 5.41) is 21.1. The lowest BCUT2D eigenvalue weighted by Gasteiger charge is -2.28. The van der Waals surface area contributed by atoms with E-state index in [1.54, 1.807) is 9.58 Å². The number of aliphatic hydroxyl groups excluding tert-OH is 1. The van der Waals surface area contributed by atoms with Crippen molar-refractivity contribution in [3.05, 3.63) is 54.1 Å². The first-order valence-electron chi connectivity index (χ1n) is 15.2. The molecular formula is C32H41N5O8. The Morgan fingerprint density at radius 1 is 0.844 bits per heavy atom. The van der Waals surface area contributed by atoms with Crippen LogP contribution in [0.15, 0.2) is 48.5 Å². The first-order valence-corrected chi connectivity index (χ1v) is 15.2. The number of benzene rings is 2. The van der Waals surface area contributed by atoms with Crippen LogP contribution in [-0.4, -0.2) is 104 Å². The molecule has 13 heteroatoms. The van der Waals surface area contributed by atoms with Crippen molar-refractivity contribution in [1.29, 1.82) is 0 Å². The van der Waals surface area contributed by atoms with Crippen LogP contribution in [0.1, 0.15) is 24.8 Å². The van der Waals surface area contributed by atoms with Gasteiger partial charge in [0, 0.05) is 36.9 Å². The fourth-order valence-electron chi connectivity index (χ4n) is 4.89. The number of fused-ring (bicyclic) bond motifs is 5. The van der Waals surface area contributed by atoms with Crippen molar-refractivity contribution in [2.24, 2.45) is 0 Å². The molecule has 0 unspecified atom stereocenters. The monoisotopic (exact) mass is 623 g/mol. The maximum Gasteiger partial charge on any atom is 0.227 e. The van der Waals surface area contributed by atoms with Crippen LogP contribution in [0.4, 0.5) is 5.69 Å². The Kier molecular flexibility index (Phi) is 14.1. The van der Waals surface area contributed by atoms with Crippen molar-refractivity contribution in [2.75, 3.05) is 70.9 Å². The lowest BCUT2D eigenvalue weighted by atomic mass is 9.95. The number of para-hydroxylation sites is 1. The maximum absolute atomic E-state index is 13.6. The minimum Gasteiger partial charge on any atom is -0.394 e. The standard InChI is InChI=1S/C32H41N5O8/c38-14-5-16-42-18-20-44-22-23-45-21-19-43-17-12-33-29(40)10-11-30(41)36-24-25-6-1-2-7-26(25)32-31(34-35-37(32)13-15-39)27-8-3-4-9-28(27)36/h1-4,6-9,14,39H,5,10-13,15-24H2,(H,33,40). The average molecular weight is 624 g/mol. The van der Waals surface area contributed by atoms with Gasteiger partial charge in [-0.05, 0) is 11.6 Å². The van der Waals surface area contributed by atoms with Gasteiger partial charge >= 0.3 is 0 Å². The molecule has 0 saturated carbocycles. The number of nitrogens with zero attached hydrogens (tertiary/aromatic N) is 4. The Morgan fingerprint density at radius 2 is 1.49 bits per heavy atom. The van der Waals surface area contributed by atoms with E-state index in [-0.39, 0.29) is 31.3 Å². The number of carbonyl (C=O) groups is 3. The van der Waals surface area contributed by atoms with Crippen LogP contribution in [0.3, 0.4) is 0 Å². The molecule has 0 aliphatic carbocycles. The van der Waals surface area contributed by atoms with Crippen LogP contribution >= 0.6 is 0 Å². The van der Waals surface area contributed by atoms with Crippen molar-refractivity contribution in [1.82, 2.24) is 20.3 Å². The number of hydrogen-bond acceptors (Lipinski definition) is 10. The van der Waals surface area contributed by atoms with E-state index in [1.165, 1.54) is 0 Å². The van der Waals surface area contributed by atoms with Gasteiger partial charge < -0.3 is 39.1 Å². The second-order valence-corrected chi connectivity index (χ2v) is 10.1. The molecule has 0 fully saturated rings. The number of amides is 2. The quantitative estimate of drug-likeness (QED) is 0.141. The molecule has 2 heterocycles. The molecule has 2 aromatic carbocycles. The van der Waals surface area contributed by atoms with Gasteiger partial charge in [0.15, 0.2) is 0 Å². The van der Waals surface area contributed by atoms with E-state index in [0.29, 0.717) is 90.3 Å². The number of anilines is 1. The van der Waals surface area contributed by atoms with E-state index in [1.807, 2.05) is 48.5 Å². The zero-order valence-corrected chi connectivity index (χ0v) is 25.4. The first-order chi connectivity index (χ1) is 22.1. The Morgan fingerprint density at radius 3 is 2.20 bits per heavy atom. The lowest BCUT2D eigenvalue weighted by Crippen LogP contribution is -2.34. The molecule has 3 aromatic rings. The number of ether oxygens (including phenoxy) is 4. The van der Waals surface area contributed by atoms with Crippen molar-refractivity contribution >= 4 is 23.8 Å². The Bertz CT molecular complexity index is 1380. The van der Waals surface area contributed by atoms with Gasteiger partial charge in [0.2, 0.25) is 11.8 Å². The van der Waals surface area contributed by atoms with E-state index in [2.05, 4.69) is 15.6 Å². The van der Waals surface area contributed by atoms with Crippen LogP contribution in [0.2, 0.25) is 0 Å². The summed E-state index contributed by atoms with van der Waals surface area (Å²) in [6, 6.07) is 15.3. The predicted molar refractivity (Wildman–Crippen MR) is 165 cm³/mol. The molecule has 242 valence electrons. The number of rotatable bonds is 20. The number of aldehydes is 1. The Labute approximate surface area is 262 Å². The minimum atomic E-state index is -0.231. The van der Waals surface area contributed by atoms with Crippen molar-refractivity contribution in [3.8, 4) is 22.5 Å². The molecule has 0 radical (unpaired) electrons. The van der Waals surface area contributed by atoms with Gasteiger partial charge in [0.1, 0.15) is 12.0 Å². The second-order valence-electron chi connectivity index (χ2n) is 10.1. The average Bonchev–Trinajstić information content (AvgIpc) is 3.46. The zero-order valence-electron chi connectivity index (χ0n) is 25.4. The molecule has 0 bridgehead atoms. The summed E-state index contributed by atoms with van der Waals surface area (Å²) < 4.78 is 23.2. The summed E-state index contributed by atoms with van der Waals surface area (Å²) in [5.74, 6) is -0.410. The summed E-state index contributed by atoms with van der Waals surface area (Å²) >= 11 is 0. The maximum atomic E-state index is 13.6. The van der Waals surface area contributed by atoms with Gasteiger partial charge in [-0.2, -0.15) is 0 Å². The SMILES string of the molecule is O=CCCOCCOCCOCCOCCNC(=O)CCC(=O)N1Cc2ccccc2-c2c(nnn2CCO)-c2ccccc21. The number of aliphatic hydroxyl groups is 1. The molecule has 1 aliphatic heterocycles. The lowest BCUT2D eigenvalue weighted by molar-refractivity contribution is -0.125. The highest BCUT2D eigenvalue weighted by atomic mass is 16.6. The van der Waals surface area contributed by atoms with Crippen molar-refractivity contribution in [3.63, 3.8) is 0 Å². The largest absolute Gasteiger partial charge is 0.394 e. The Balaban J connectivity index is 1.20. The highest BCUT2D eigenvalue weighted by molar-refractivity contribution is 6.01. The van der Waals surface area contributed by atoms with E-state index < -0.39 is 0 Å². The number of nitrogens with one attached hydrogen (secondary N) is 1. The number of hydrogen-bond donors (Lipinski definition) is 2. The number of aromatic nitrogens is 3. The molecule has 45 heavy (non-hydrogen) atoms. The second kappa shape index (κ2) is 18.7. The third-order valence-electron chi connectivity index (χ3n) is 7.03. The highest BCUT2D eigenvalue weighted by Gasteiger charge is 2.29. The third-order valence-corrected chi connectivity index (χ3v) is 7.03. The fraction of sp³-hybridized carbons (Fsp3) is 0.469. The first kappa shape index (κ1) is 33.9. The molecule has 13 nitrogen and oxygen atoms in total. The Hall–Kier alpha value is -4.01. The minimum absolute atomic E-state index is 0.0357. The van der Waals surface area contributed by atoms with Crippen LogP contribution in [0.5, 0.6) is 0 Å². The van der Waals surface area contributed by atoms with Crippen molar-refractivity contribution < 1.29 is 38.4 Å². The molecule has 2 amide bonds. The normalized spacial score (nSPS) is 12.1. The zero-order chi connectivity index (χ0) is 31.7. The van der Waals surface area contributed by atoms with Crippen LogP contribution in [0.25, 0.3) is 22.5 Å². The summed E-state index contributed by atoms with van der Waals surface area (Å²) in [6.07, 6.45) is 1.28. The van der Waals surface area contributed by atoms with Crippen LogP contribution in [0, 0.1) is 0 Å². The molecule has 4 rings (SSSR count). The van der Waals surface area contributed by atoms with E-state index in [4.69, 9.17) is 18.9 Å². The van der Waals surface area contributed by atoms with Crippen molar-refractivity contribution in [2.45, 2.75) is 32.4 Å². The van der Waals surface area contributed by atoms with E-state index in [0.717, 1.165) is 28.7 Å². The van der Waals surface area contributed by atoms with E-state index >= 15 is 0 Å². The molecule has 0 saturated heterocycles. The smallest absolute Gasteiger partial charge is 0.227 e. The van der Waals surface area contributed by atoms with Gasteiger partial charge in [-0.3, -0.25) is 9.59 Å². The molecule has 0 atom stereocenters. The molecular weight excluding hydrogens is 582 g/mol. The van der Waals surface area contributed by atoms with Gasteiger partial charge in [0.05, 0.1) is 83.9 Å².